The molecule has 0 atom stereocenters. The average Bonchev–Trinajstić information content (AvgIpc) is 2.73. The molecule has 28 heavy (non-hydrogen) atoms. The molecule has 0 radical (unpaired) electrons. The lowest BCUT2D eigenvalue weighted by Gasteiger charge is -2.14. The molecule has 0 amide bonds. The first-order valence-corrected chi connectivity index (χ1v) is 11.3. The Hall–Kier alpha value is -2.72. The zero-order valence-electron chi connectivity index (χ0n) is 14.8. The summed E-state index contributed by atoms with van der Waals surface area (Å²) in [5.41, 5.74) is 1.12. The van der Waals surface area contributed by atoms with Crippen LogP contribution < -0.4 is 0 Å². The topological polar surface area (TPSA) is 111 Å². The Balaban J connectivity index is 1.57. The van der Waals surface area contributed by atoms with Crippen molar-refractivity contribution in [1.82, 2.24) is 0 Å². The third kappa shape index (κ3) is 5.17. The number of rotatable bonds is 6. The van der Waals surface area contributed by atoms with E-state index in [0.29, 0.717) is 37.1 Å². The summed E-state index contributed by atoms with van der Waals surface area (Å²) in [6, 6.07) is 15.5. The Morgan fingerprint density at radius 3 is 1.21 bits per heavy atom. The second-order valence-corrected chi connectivity index (χ2v) is 9.06. The van der Waals surface area contributed by atoms with E-state index in [1.807, 2.05) is 0 Å². The molecule has 2 aromatic rings. The number of oxime groups is 2. The minimum Gasteiger partial charge on any atom is -0.265 e. The third-order valence-corrected chi connectivity index (χ3v) is 6.24. The number of benzene rings is 2. The van der Waals surface area contributed by atoms with Crippen molar-refractivity contribution >= 4 is 31.7 Å². The molecule has 10 heteroatoms. The summed E-state index contributed by atoms with van der Waals surface area (Å²) in [7, 11) is -7.91. The fourth-order valence-electron chi connectivity index (χ4n) is 2.47. The summed E-state index contributed by atoms with van der Waals surface area (Å²) in [5, 5.41) is 7.47. The van der Waals surface area contributed by atoms with E-state index in [0.717, 1.165) is 0 Å². The van der Waals surface area contributed by atoms with Crippen LogP contribution in [0.4, 0.5) is 0 Å². The molecule has 0 heterocycles. The van der Waals surface area contributed by atoms with E-state index in [2.05, 4.69) is 10.3 Å². The highest BCUT2D eigenvalue weighted by atomic mass is 32.2. The van der Waals surface area contributed by atoms with Gasteiger partial charge in [-0.2, -0.15) is 16.8 Å². The highest BCUT2D eigenvalue weighted by Crippen LogP contribution is 2.18. The SMILES string of the molecule is O=S(=O)(ON=C1CCC(=NOS(=O)(=O)c2ccccc2)CC1)c1ccccc1. The normalized spacial score (nSPS) is 15.0. The molecular weight excluding hydrogens is 404 g/mol. The minimum absolute atomic E-state index is 0.0249. The molecule has 0 bridgehead atoms. The maximum atomic E-state index is 12.0. The van der Waals surface area contributed by atoms with E-state index in [1.54, 1.807) is 36.4 Å². The van der Waals surface area contributed by atoms with Gasteiger partial charge in [0.1, 0.15) is 9.79 Å². The smallest absolute Gasteiger partial charge is 0.265 e. The van der Waals surface area contributed by atoms with Crippen molar-refractivity contribution in [3.63, 3.8) is 0 Å². The summed E-state index contributed by atoms with van der Waals surface area (Å²) >= 11 is 0. The van der Waals surface area contributed by atoms with Crippen molar-refractivity contribution in [3.05, 3.63) is 60.7 Å². The molecule has 1 saturated carbocycles. The van der Waals surface area contributed by atoms with Crippen LogP contribution in [0.15, 0.2) is 80.8 Å². The zero-order chi connectivity index (χ0) is 20.0. The van der Waals surface area contributed by atoms with Gasteiger partial charge in [-0.3, -0.25) is 8.57 Å². The standard InChI is InChI=1S/C18H18N2O6S2/c21-27(22,17-7-3-1-4-8-17)25-19-15-11-13-16(14-12-15)20-26-28(23,24)18-9-5-2-6-10-18/h1-10H,11-14H2. The Morgan fingerprint density at radius 2 is 0.893 bits per heavy atom. The minimum atomic E-state index is -3.96. The van der Waals surface area contributed by atoms with Gasteiger partial charge in [0.05, 0.1) is 11.4 Å². The lowest BCUT2D eigenvalue weighted by atomic mass is 9.97. The monoisotopic (exact) mass is 422 g/mol. The molecule has 148 valence electrons. The third-order valence-electron chi connectivity index (χ3n) is 4.00. The molecule has 1 aliphatic rings. The lowest BCUT2D eigenvalue weighted by molar-refractivity contribution is 0.332. The van der Waals surface area contributed by atoms with Crippen LogP contribution in [-0.2, 0) is 28.8 Å². The molecule has 0 N–H and O–H groups in total. The van der Waals surface area contributed by atoms with Crippen molar-refractivity contribution in [2.24, 2.45) is 10.3 Å². The molecule has 3 rings (SSSR count). The lowest BCUT2D eigenvalue weighted by Crippen LogP contribution is -2.16. The van der Waals surface area contributed by atoms with Crippen molar-refractivity contribution in [1.29, 1.82) is 0 Å². The van der Waals surface area contributed by atoms with Crippen LogP contribution in [0.5, 0.6) is 0 Å². The molecule has 0 saturated heterocycles. The van der Waals surface area contributed by atoms with E-state index in [4.69, 9.17) is 8.57 Å². The van der Waals surface area contributed by atoms with Gasteiger partial charge in [-0.1, -0.05) is 46.7 Å². The second kappa shape index (κ2) is 8.53. The number of hydrogen-bond acceptors (Lipinski definition) is 8. The highest BCUT2D eigenvalue weighted by Gasteiger charge is 2.20. The average molecular weight is 422 g/mol. The van der Waals surface area contributed by atoms with Crippen molar-refractivity contribution < 1.29 is 25.4 Å². The number of nitrogens with zero attached hydrogens (tertiary/aromatic N) is 2. The highest BCUT2D eigenvalue weighted by molar-refractivity contribution is 7.87. The van der Waals surface area contributed by atoms with Crippen LogP contribution in [0.2, 0.25) is 0 Å². The summed E-state index contributed by atoms with van der Waals surface area (Å²) in [6.07, 6.45) is 1.60. The molecule has 1 fully saturated rings. The molecule has 0 aromatic heterocycles. The summed E-state index contributed by atoms with van der Waals surface area (Å²) in [5.74, 6) is 0. The Labute approximate surface area is 163 Å². The van der Waals surface area contributed by atoms with Gasteiger partial charge < -0.3 is 0 Å². The summed E-state index contributed by atoms with van der Waals surface area (Å²) < 4.78 is 57.7. The van der Waals surface area contributed by atoms with Crippen LogP contribution in [0.25, 0.3) is 0 Å². The van der Waals surface area contributed by atoms with Crippen LogP contribution in [0, 0.1) is 0 Å². The van der Waals surface area contributed by atoms with E-state index >= 15 is 0 Å². The van der Waals surface area contributed by atoms with Crippen LogP contribution in [-0.4, -0.2) is 28.3 Å². The van der Waals surface area contributed by atoms with Gasteiger partial charge in [-0.05, 0) is 49.9 Å². The molecule has 8 nitrogen and oxygen atoms in total. The first-order chi connectivity index (χ1) is 13.4. The zero-order valence-corrected chi connectivity index (χ0v) is 16.4. The maximum absolute atomic E-state index is 12.0. The van der Waals surface area contributed by atoms with Gasteiger partial charge in [0, 0.05) is 0 Å². The van der Waals surface area contributed by atoms with Crippen molar-refractivity contribution in [2.75, 3.05) is 0 Å². The van der Waals surface area contributed by atoms with Crippen molar-refractivity contribution in [3.8, 4) is 0 Å². The second-order valence-electron chi connectivity index (χ2n) is 6.00. The Kier molecular flexibility index (Phi) is 6.10. The van der Waals surface area contributed by atoms with Gasteiger partial charge in [0.15, 0.2) is 0 Å². The summed E-state index contributed by atoms with van der Waals surface area (Å²) in [4.78, 5) is 0.0499. The quantitative estimate of drug-likeness (QED) is 0.662. The van der Waals surface area contributed by atoms with E-state index in [9.17, 15) is 16.8 Å². The predicted octanol–water partition coefficient (Wildman–Crippen LogP) is 3.08. The predicted molar refractivity (Wildman–Crippen MR) is 103 cm³/mol. The van der Waals surface area contributed by atoms with Gasteiger partial charge in [-0.15, -0.1) is 0 Å². The fourth-order valence-corrected chi connectivity index (χ4v) is 4.03. The van der Waals surface area contributed by atoms with E-state index in [1.165, 1.54) is 24.3 Å². The van der Waals surface area contributed by atoms with Gasteiger partial charge in [0.25, 0.3) is 0 Å². The molecule has 0 unspecified atom stereocenters. The van der Waals surface area contributed by atoms with Crippen LogP contribution >= 0.6 is 0 Å². The number of hydrogen-bond donors (Lipinski definition) is 0. The first kappa shape index (κ1) is 20.0. The maximum Gasteiger partial charge on any atom is 0.358 e. The van der Waals surface area contributed by atoms with Gasteiger partial charge in [-0.25, -0.2) is 0 Å². The Morgan fingerprint density at radius 1 is 0.571 bits per heavy atom. The molecule has 2 aromatic carbocycles. The van der Waals surface area contributed by atoms with Crippen molar-refractivity contribution in [2.45, 2.75) is 35.5 Å². The van der Waals surface area contributed by atoms with Crippen LogP contribution in [0.3, 0.4) is 0 Å². The summed E-state index contributed by atoms with van der Waals surface area (Å²) in [6.45, 7) is 0. The van der Waals surface area contributed by atoms with Gasteiger partial charge in [0.2, 0.25) is 0 Å². The first-order valence-electron chi connectivity index (χ1n) is 8.46. The molecule has 1 aliphatic carbocycles. The largest absolute Gasteiger partial charge is 0.358 e. The fraction of sp³-hybridized carbons (Fsp3) is 0.222. The molecule has 0 spiro atoms. The van der Waals surface area contributed by atoms with E-state index in [-0.39, 0.29) is 9.79 Å². The molecular formula is C18H18N2O6S2. The molecule has 0 aliphatic heterocycles. The Bertz CT molecular complexity index is 978. The van der Waals surface area contributed by atoms with Gasteiger partial charge >= 0.3 is 20.2 Å². The van der Waals surface area contributed by atoms with Crippen LogP contribution in [0.1, 0.15) is 25.7 Å². The van der Waals surface area contributed by atoms with E-state index < -0.39 is 20.2 Å².